The number of carboxylic acids is 1. The van der Waals surface area contributed by atoms with Crippen LogP contribution in [0.4, 0.5) is 4.79 Å². The molecule has 0 radical (unpaired) electrons. The normalized spacial score (nSPS) is 14.1. The zero-order valence-corrected chi connectivity index (χ0v) is 17.9. The van der Waals surface area contributed by atoms with Crippen LogP contribution in [0.5, 0.6) is 0 Å². The Morgan fingerprint density at radius 3 is 2.19 bits per heavy atom. The van der Waals surface area contributed by atoms with Crippen molar-refractivity contribution in [1.82, 2.24) is 10.8 Å². The molecule has 170 valence electrons. The highest BCUT2D eigenvalue weighted by molar-refractivity contribution is 5.79. The van der Waals surface area contributed by atoms with Gasteiger partial charge in [0.05, 0.1) is 6.61 Å². The summed E-state index contributed by atoms with van der Waals surface area (Å²) in [4.78, 5) is 40.0. The Morgan fingerprint density at radius 1 is 1.03 bits per heavy atom. The summed E-state index contributed by atoms with van der Waals surface area (Å²) >= 11 is 0. The highest BCUT2D eigenvalue weighted by Crippen LogP contribution is 2.44. The quantitative estimate of drug-likeness (QED) is 0.483. The van der Waals surface area contributed by atoms with Gasteiger partial charge in [0.15, 0.2) is 0 Å². The van der Waals surface area contributed by atoms with Gasteiger partial charge in [-0.1, -0.05) is 48.5 Å². The van der Waals surface area contributed by atoms with E-state index in [1.807, 2.05) is 36.4 Å². The molecule has 32 heavy (non-hydrogen) atoms. The number of hydrogen-bond acceptors (Lipinski definition) is 6. The summed E-state index contributed by atoms with van der Waals surface area (Å²) in [7, 11) is 1.32. The van der Waals surface area contributed by atoms with E-state index in [0.717, 1.165) is 22.3 Å². The van der Waals surface area contributed by atoms with Crippen LogP contribution in [-0.4, -0.2) is 55.5 Å². The Bertz CT molecular complexity index is 933. The number of alkyl carbamates (subject to hydrolysis) is 1. The first-order valence-electron chi connectivity index (χ1n) is 10.2. The van der Waals surface area contributed by atoms with Crippen molar-refractivity contribution in [3.63, 3.8) is 0 Å². The van der Waals surface area contributed by atoms with Crippen molar-refractivity contribution in [3.8, 4) is 11.1 Å². The van der Waals surface area contributed by atoms with E-state index in [0.29, 0.717) is 0 Å². The summed E-state index contributed by atoms with van der Waals surface area (Å²) in [6.45, 7) is 1.58. The molecular formula is C23H26N2O7. The minimum atomic E-state index is -1.32. The SMILES string of the molecule is COCC(ONC(=O)C[C@H](C)NC(=O)OCC1c2ccccc2-c2ccccc21)C(=O)O. The number of aliphatic carboxylic acids is 1. The second-order valence-electron chi connectivity index (χ2n) is 7.50. The van der Waals surface area contributed by atoms with Gasteiger partial charge in [0.2, 0.25) is 12.0 Å². The van der Waals surface area contributed by atoms with Gasteiger partial charge in [0.1, 0.15) is 6.61 Å². The molecule has 2 amide bonds. The number of methoxy groups -OCH3 is 1. The summed E-state index contributed by atoms with van der Waals surface area (Å²) in [5.41, 5.74) is 6.54. The highest BCUT2D eigenvalue weighted by atomic mass is 16.7. The van der Waals surface area contributed by atoms with Gasteiger partial charge in [-0.25, -0.2) is 15.1 Å². The van der Waals surface area contributed by atoms with E-state index in [1.165, 1.54) is 7.11 Å². The molecule has 0 aromatic heterocycles. The fourth-order valence-corrected chi connectivity index (χ4v) is 3.66. The molecule has 1 unspecified atom stereocenters. The molecule has 2 aromatic carbocycles. The minimum Gasteiger partial charge on any atom is -0.479 e. The topological polar surface area (TPSA) is 123 Å². The molecule has 0 fully saturated rings. The largest absolute Gasteiger partial charge is 0.479 e. The first kappa shape index (κ1) is 23.2. The van der Waals surface area contributed by atoms with Gasteiger partial charge in [0.25, 0.3) is 0 Å². The predicted octanol–water partition coefficient (Wildman–Crippen LogP) is 2.45. The van der Waals surface area contributed by atoms with Gasteiger partial charge < -0.3 is 19.9 Å². The maximum absolute atomic E-state index is 12.3. The fourth-order valence-electron chi connectivity index (χ4n) is 3.66. The van der Waals surface area contributed by atoms with Gasteiger partial charge in [-0.2, -0.15) is 0 Å². The molecule has 1 aliphatic rings. The lowest BCUT2D eigenvalue weighted by atomic mass is 9.98. The highest BCUT2D eigenvalue weighted by Gasteiger charge is 2.29. The van der Waals surface area contributed by atoms with Crippen molar-refractivity contribution in [2.24, 2.45) is 0 Å². The number of nitrogens with one attached hydrogen (secondary N) is 2. The first-order valence-corrected chi connectivity index (χ1v) is 10.2. The van der Waals surface area contributed by atoms with Crippen LogP contribution in [0.2, 0.25) is 0 Å². The Morgan fingerprint density at radius 2 is 1.62 bits per heavy atom. The third-order valence-corrected chi connectivity index (χ3v) is 5.11. The standard InChI is InChI=1S/C23H26N2O7/c1-14(11-21(26)25-32-20(13-30-2)22(27)28)24-23(29)31-12-19-17-9-5-3-7-15(17)16-8-4-6-10-18(16)19/h3-10,14,19-20H,11-13H2,1-2H3,(H,24,29)(H,25,26)(H,27,28)/t14-,20?/m0/s1. The molecule has 9 nitrogen and oxygen atoms in total. The van der Waals surface area contributed by atoms with Crippen molar-refractivity contribution in [3.05, 3.63) is 59.7 Å². The zero-order chi connectivity index (χ0) is 23.1. The monoisotopic (exact) mass is 442 g/mol. The third kappa shape index (κ3) is 5.63. The van der Waals surface area contributed by atoms with Gasteiger partial charge in [-0.15, -0.1) is 0 Å². The molecule has 0 spiro atoms. The average Bonchev–Trinajstić information content (AvgIpc) is 3.08. The zero-order valence-electron chi connectivity index (χ0n) is 17.9. The van der Waals surface area contributed by atoms with Crippen molar-refractivity contribution in [1.29, 1.82) is 0 Å². The lowest BCUT2D eigenvalue weighted by Gasteiger charge is -2.17. The molecule has 0 heterocycles. The van der Waals surface area contributed by atoms with Crippen LogP contribution in [0.3, 0.4) is 0 Å². The Balaban J connectivity index is 1.48. The Labute approximate surface area is 185 Å². The van der Waals surface area contributed by atoms with Crippen LogP contribution in [0.15, 0.2) is 48.5 Å². The molecule has 3 N–H and O–H groups in total. The Kier molecular flexibility index (Phi) is 7.80. The summed E-state index contributed by atoms with van der Waals surface area (Å²) < 4.78 is 10.2. The number of hydroxylamine groups is 1. The molecule has 1 aliphatic carbocycles. The maximum Gasteiger partial charge on any atom is 0.407 e. The summed E-state index contributed by atoms with van der Waals surface area (Å²) in [6.07, 6.45) is -2.09. The molecule has 0 aliphatic heterocycles. The fraction of sp³-hybridized carbons (Fsp3) is 0.348. The van der Waals surface area contributed by atoms with Crippen LogP contribution in [0.1, 0.15) is 30.4 Å². The van der Waals surface area contributed by atoms with E-state index in [2.05, 4.69) is 22.9 Å². The predicted molar refractivity (Wildman–Crippen MR) is 115 cm³/mol. The van der Waals surface area contributed by atoms with Gasteiger partial charge in [-0.05, 0) is 29.2 Å². The van der Waals surface area contributed by atoms with E-state index >= 15 is 0 Å². The molecule has 3 rings (SSSR count). The number of benzene rings is 2. The van der Waals surface area contributed by atoms with E-state index in [-0.39, 0.29) is 25.6 Å². The third-order valence-electron chi connectivity index (χ3n) is 5.11. The Hall–Kier alpha value is -3.43. The number of carboxylic acid groups (broad SMARTS) is 1. The number of rotatable bonds is 10. The molecule has 0 saturated heterocycles. The van der Waals surface area contributed by atoms with Crippen LogP contribution in [0.25, 0.3) is 11.1 Å². The van der Waals surface area contributed by atoms with E-state index in [9.17, 15) is 14.4 Å². The summed E-state index contributed by atoms with van der Waals surface area (Å²) in [5.74, 6) is -1.91. The van der Waals surface area contributed by atoms with Crippen molar-refractivity contribution < 1.29 is 33.8 Å². The number of hydrogen-bond donors (Lipinski definition) is 3. The summed E-state index contributed by atoms with van der Waals surface area (Å²) in [6, 6.07) is 15.5. The first-order chi connectivity index (χ1) is 15.4. The number of carbonyl (C=O) groups is 3. The van der Waals surface area contributed by atoms with Crippen LogP contribution in [-0.2, 0) is 23.9 Å². The second kappa shape index (κ2) is 10.7. The molecule has 0 bridgehead atoms. The van der Waals surface area contributed by atoms with Crippen LogP contribution in [0, 0.1) is 0 Å². The van der Waals surface area contributed by atoms with Crippen LogP contribution >= 0.6 is 0 Å². The van der Waals surface area contributed by atoms with Crippen molar-refractivity contribution >= 4 is 18.0 Å². The smallest absolute Gasteiger partial charge is 0.407 e. The van der Waals surface area contributed by atoms with Gasteiger partial charge in [-0.3, -0.25) is 9.63 Å². The molecule has 2 aromatic rings. The van der Waals surface area contributed by atoms with E-state index in [1.54, 1.807) is 6.92 Å². The number of amides is 2. The minimum absolute atomic E-state index is 0.0612. The number of carbonyl (C=O) groups excluding carboxylic acids is 2. The average molecular weight is 442 g/mol. The van der Waals surface area contributed by atoms with E-state index in [4.69, 9.17) is 19.4 Å². The number of ether oxygens (including phenoxy) is 2. The van der Waals surface area contributed by atoms with Crippen LogP contribution < -0.4 is 10.8 Å². The lowest BCUT2D eigenvalue weighted by Crippen LogP contribution is -2.41. The van der Waals surface area contributed by atoms with Crippen molar-refractivity contribution in [2.75, 3.05) is 20.3 Å². The van der Waals surface area contributed by atoms with Gasteiger partial charge >= 0.3 is 12.1 Å². The second-order valence-corrected chi connectivity index (χ2v) is 7.50. The van der Waals surface area contributed by atoms with Crippen molar-refractivity contribution in [2.45, 2.75) is 31.4 Å². The summed E-state index contributed by atoms with van der Waals surface area (Å²) in [5, 5.41) is 11.6. The lowest BCUT2D eigenvalue weighted by molar-refractivity contribution is -0.165. The molecule has 2 atom stereocenters. The molecular weight excluding hydrogens is 416 g/mol. The molecule has 0 saturated carbocycles. The molecule has 9 heteroatoms. The van der Waals surface area contributed by atoms with Gasteiger partial charge in [0, 0.05) is 25.5 Å². The number of fused-ring (bicyclic) bond motifs is 3. The maximum atomic E-state index is 12.3. The van der Waals surface area contributed by atoms with E-state index < -0.39 is 30.1 Å².